The second-order valence-corrected chi connectivity index (χ2v) is 8.00. The van der Waals surface area contributed by atoms with E-state index in [2.05, 4.69) is 18.4 Å². The minimum atomic E-state index is 0.0236. The first-order valence-corrected chi connectivity index (χ1v) is 9.11. The Hall–Kier alpha value is -1.66. The van der Waals surface area contributed by atoms with Crippen LogP contribution >= 0.6 is 0 Å². The highest BCUT2D eigenvalue weighted by Crippen LogP contribution is 2.31. The summed E-state index contributed by atoms with van der Waals surface area (Å²) in [5.74, 6) is 0.860. The number of carbonyl (C=O) groups excluding carboxylic acids is 2. The molecule has 1 saturated carbocycles. The average molecular weight is 349 g/mol. The number of aromatic nitrogens is 1. The largest absolute Gasteiger partial charge is 0.348 e. The van der Waals surface area contributed by atoms with Crippen molar-refractivity contribution < 1.29 is 14.8 Å². The highest BCUT2D eigenvalue weighted by Gasteiger charge is 2.31. The van der Waals surface area contributed by atoms with E-state index in [9.17, 15) is 9.59 Å². The van der Waals surface area contributed by atoms with Crippen molar-refractivity contribution in [1.82, 2.24) is 14.9 Å². The Morgan fingerprint density at radius 2 is 2.00 bits per heavy atom. The van der Waals surface area contributed by atoms with Gasteiger partial charge in [-0.25, -0.2) is 5.48 Å². The van der Waals surface area contributed by atoms with Gasteiger partial charge in [0.1, 0.15) is 0 Å². The summed E-state index contributed by atoms with van der Waals surface area (Å²) in [6.07, 6.45) is 8.44. The van der Waals surface area contributed by atoms with Crippen molar-refractivity contribution >= 4 is 12.2 Å². The van der Waals surface area contributed by atoms with E-state index >= 15 is 0 Å². The van der Waals surface area contributed by atoms with Crippen LogP contribution in [0.25, 0.3) is 0 Å². The highest BCUT2D eigenvalue weighted by molar-refractivity contribution is 5.77. The van der Waals surface area contributed by atoms with Gasteiger partial charge in [-0.15, -0.1) is 0 Å². The summed E-state index contributed by atoms with van der Waals surface area (Å²) in [7, 11) is 1.43. The summed E-state index contributed by atoms with van der Waals surface area (Å²) in [4.78, 5) is 25.8. The molecule has 0 saturated heterocycles. The summed E-state index contributed by atoms with van der Waals surface area (Å²) < 4.78 is 2.15. The second-order valence-electron chi connectivity index (χ2n) is 8.00. The van der Waals surface area contributed by atoms with Gasteiger partial charge < -0.3 is 14.7 Å². The van der Waals surface area contributed by atoms with Gasteiger partial charge in [0.2, 0.25) is 5.91 Å². The number of rotatable bonds is 3. The maximum Gasteiger partial charge on any atom is 0.223 e. The topological polar surface area (TPSA) is 74.6 Å². The van der Waals surface area contributed by atoms with Crippen LogP contribution in [0.4, 0.5) is 0 Å². The molecule has 25 heavy (non-hydrogen) atoms. The third kappa shape index (κ3) is 5.41. The number of hydroxylamine groups is 1. The molecule has 2 aliphatic rings. The zero-order valence-electron chi connectivity index (χ0n) is 15.6. The number of carbonyl (C=O) groups is 2. The van der Waals surface area contributed by atoms with Crippen molar-refractivity contribution in [1.29, 1.82) is 0 Å². The minimum Gasteiger partial charge on any atom is -0.348 e. The van der Waals surface area contributed by atoms with E-state index in [0.29, 0.717) is 24.4 Å². The van der Waals surface area contributed by atoms with Crippen LogP contribution in [0.1, 0.15) is 62.0 Å². The van der Waals surface area contributed by atoms with E-state index < -0.39 is 0 Å². The van der Waals surface area contributed by atoms with Gasteiger partial charge in [0, 0.05) is 49.4 Å². The average Bonchev–Trinajstić information content (AvgIpc) is 3.14. The van der Waals surface area contributed by atoms with Crippen LogP contribution in [0.2, 0.25) is 0 Å². The number of hydrogen-bond donors (Lipinski definition) is 2. The molecule has 3 rings (SSSR count). The maximum atomic E-state index is 12.7. The molecule has 6 heteroatoms. The first-order valence-electron chi connectivity index (χ1n) is 9.11. The number of aldehydes is 1. The molecule has 0 unspecified atom stereocenters. The molecule has 1 aromatic rings. The van der Waals surface area contributed by atoms with E-state index in [1.807, 2.05) is 17.2 Å². The molecule has 140 valence electrons. The lowest BCUT2D eigenvalue weighted by Crippen LogP contribution is -2.38. The summed E-state index contributed by atoms with van der Waals surface area (Å²) in [6, 6.07) is 1.92. The van der Waals surface area contributed by atoms with Crippen LogP contribution in [0.5, 0.6) is 0 Å². The molecule has 1 aliphatic carbocycles. The molecule has 1 aromatic heterocycles. The molecule has 2 N–H and O–H groups in total. The third-order valence-electron chi connectivity index (χ3n) is 5.00. The quantitative estimate of drug-likeness (QED) is 0.650. The van der Waals surface area contributed by atoms with Gasteiger partial charge in [-0.1, -0.05) is 26.7 Å². The zero-order chi connectivity index (χ0) is 18.4. The fraction of sp³-hybridized carbons (Fsp3) is 0.684. The predicted octanol–water partition coefficient (Wildman–Crippen LogP) is 2.84. The van der Waals surface area contributed by atoms with Crippen LogP contribution in [0.15, 0.2) is 12.3 Å². The fourth-order valence-corrected chi connectivity index (χ4v) is 3.97. The molecule has 0 aromatic carbocycles. The van der Waals surface area contributed by atoms with Crippen LogP contribution < -0.4 is 5.48 Å². The van der Waals surface area contributed by atoms with E-state index in [1.165, 1.54) is 32.7 Å². The molecule has 0 atom stereocenters. The molecule has 1 amide bonds. The Bertz CT molecular complexity index is 589. The van der Waals surface area contributed by atoms with Gasteiger partial charge in [0.15, 0.2) is 6.29 Å². The van der Waals surface area contributed by atoms with Crippen molar-refractivity contribution in [3.63, 3.8) is 0 Å². The van der Waals surface area contributed by atoms with Gasteiger partial charge in [0.25, 0.3) is 0 Å². The Kier molecular flexibility index (Phi) is 6.79. The smallest absolute Gasteiger partial charge is 0.223 e. The maximum absolute atomic E-state index is 12.7. The second kappa shape index (κ2) is 8.63. The molecule has 0 spiro atoms. The van der Waals surface area contributed by atoms with E-state index in [4.69, 9.17) is 5.21 Å². The highest BCUT2D eigenvalue weighted by atomic mass is 16.5. The predicted molar refractivity (Wildman–Crippen MR) is 96.4 cm³/mol. The van der Waals surface area contributed by atoms with Gasteiger partial charge >= 0.3 is 0 Å². The number of hydrogen-bond acceptors (Lipinski definition) is 4. The molecule has 2 heterocycles. The number of fused-ring (bicyclic) bond motifs is 1. The molecule has 1 aliphatic heterocycles. The van der Waals surface area contributed by atoms with Gasteiger partial charge in [0.05, 0.1) is 6.54 Å². The SMILES string of the molecule is CC1(C)CN(C(=O)CC2CCCC2)Cc2cc(C=O)cn2C1.CNO. The fourth-order valence-electron chi connectivity index (χ4n) is 3.97. The minimum absolute atomic E-state index is 0.0236. The summed E-state index contributed by atoms with van der Waals surface area (Å²) in [6.45, 7) is 6.65. The zero-order valence-corrected chi connectivity index (χ0v) is 15.6. The van der Waals surface area contributed by atoms with Crippen LogP contribution in [-0.4, -0.2) is 40.5 Å². The lowest BCUT2D eigenvalue weighted by molar-refractivity contribution is -0.134. The number of nitrogens with one attached hydrogen (secondary N) is 1. The van der Waals surface area contributed by atoms with Crippen molar-refractivity contribution in [3.8, 4) is 0 Å². The Balaban J connectivity index is 0.000000701. The van der Waals surface area contributed by atoms with Crippen molar-refractivity contribution in [2.75, 3.05) is 13.6 Å². The van der Waals surface area contributed by atoms with Crippen LogP contribution in [0.3, 0.4) is 0 Å². The third-order valence-corrected chi connectivity index (χ3v) is 5.00. The summed E-state index contributed by atoms with van der Waals surface area (Å²) in [5, 5.41) is 7.32. The Labute approximate surface area is 150 Å². The molecule has 0 bridgehead atoms. The van der Waals surface area contributed by atoms with Crippen molar-refractivity contribution in [2.45, 2.75) is 59.0 Å². The Morgan fingerprint density at radius 1 is 1.36 bits per heavy atom. The first-order chi connectivity index (χ1) is 11.9. The Morgan fingerprint density at radius 3 is 2.60 bits per heavy atom. The van der Waals surface area contributed by atoms with Crippen LogP contribution in [0, 0.1) is 11.3 Å². The summed E-state index contributed by atoms with van der Waals surface area (Å²) >= 11 is 0. The van der Waals surface area contributed by atoms with E-state index in [1.54, 1.807) is 5.48 Å². The monoisotopic (exact) mass is 349 g/mol. The molecule has 0 radical (unpaired) electrons. The molecular weight excluding hydrogens is 318 g/mol. The number of amides is 1. The van der Waals surface area contributed by atoms with E-state index in [0.717, 1.165) is 25.1 Å². The van der Waals surface area contributed by atoms with Crippen molar-refractivity contribution in [3.05, 3.63) is 23.5 Å². The van der Waals surface area contributed by atoms with Gasteiger partial charge in [-0.2, -0.15) is 0 Å². The summed E-state index contributed by atoms with van der Waals surface area (Å²) in [5.41, 5.74) is 3.55. The van der Waals surface area contributed by atoms with E-state index in [-0.39, 0.29) is 11.3 Å². The number of nitrogens with zero attached hydrogens (tertiary/aromatic N) is 2. The first kappa shape index (κ1) is 19.7. The molecule has 6 nitrogen and oxygen atoms in total. The normalized spacial score (nSPS) is 19.6. The van der Waals surface area contributed by atoms with Gasteiger partial charge in [-0.05, 0) is 24.8 Å². The lowest BCUT2D eigenvalue weighted by Gasteiger charge is -2.30. The lowest BCUT2D eigenvalue weighted by atomic mass is 9.92. The molecule has 1 fully saturated rings. The molecular formula is C19H31N3O3. The van der Waals surface area contributed by atoms with Crippen LogP contribution in [-0.2, 0) is 17.9 Å². The van der Waals surface area contributed by atoms with Crippen molar-refractivity contribution in [2.24, 2.45) is 11.3 Å². The van der Waals surface area contributed by atoms with Gasteiger partial charge in [-0.3, -0.25) is 9.59 Å². The standard InChI is InChI=1S/C18H26N2O2.CH5NO/c1-18(2)12-19-9-15(11-21)7-16(19)10-20(13-18)17(22)8-14-5-3-4-6-14;1-2-3/h7,9,11,14H,3-6,8,10,12-13H2,1-2H3;2-3H,1H3.